The van der Waals surface area contributed by atoms with Crippen molar-refractivity contribution in [2.75, 3.05) is 0 Å². The second-order valence-electron chi connectivity index (χ2n) is 4.17. The lowest BCUT2D eigenvalue weighted by atomic mass is 10.1. The highest BCUT2D eigenvalue weighted by Gasteiger charge is 2.04. The van der Waals surface area contributed by atoms with Crippen LogP contribution in [0.2, 0.25) is 0 Å². The fourth-order valence-corrected chi connectivity index (χ4v) is 3.45. The number of thioether (sulfide) groups is 1. The van der Waals surface area contributed by atoms with Gasteiger partial charge in [-0.3, -0.25) is 0 Å². The first-order valence-electron chi connectivity index (χ1n) is 5.86. The van der Waals surface area contributed by atoms with Gasteiger partial charge in [-0.1, -0.05) is 46.3 Å². The maximum Gasteiger partial charge on any atom is 0.0234 e. The average molecular weight is 322 g/mol. The van der Waals surface area contributed by atoms with Crippen LogP contribution in [0, 0.1) is 6.92 Å². The van der Waals surface area contributed by atoms with Gasteiger partial charge in [-0.05, 0) is 35.7 Å². The normalized spacial score (nSPS) is 10.6. The van der Waals surface area contributed by atoms with Gasteiger partial charge in [-0.15, -0.1) is 11.8 Å². The molecule has 0 radical (unpaired) electrons. The van der Waals surface area contributed by atoms with Crippen molar-refractivity contribution in [3.8, 4) is 0 Å². The summed E-state index contributed by atoms with van der Waals surface area (Å²) in [7, 11) is 0. The van der Waals surface area contributed by atoms with E-state index in [1.807, 2.05) is 17.8 Å². The van der Waals surface area contributed by atoms with Crippen molar-refractivity contribution in [3.63, 3.8) is 0 Å². The van der Waals surface area contributed by atoms with Gasteiger partial charge in [0.25, 0.3) is 0 Å². The van der Waals surface area contributed by atoms with Crippen molar-refractivity contribution in [1.29, 1.82) is 0 Å². The predicted octanol–water partition coefficient (Wildman–Crippen LogP) is 4.51. The summed E-state index contributed by atoms with van der Waals surface area (Å²) in [4.78, 5) is 1.26. The first kappa shape index (κ1) is 13.7. The van der Waals surface area contributed by atoms with Crippen LogP contribution in [-0.4, -0.2) is 0 Å². The molecule has 0 bridgehead atoms. The molecule has 0 amide bonds. The van der Waals surface area contributed by atoms with Crippen molar-refractivity contribution in [1.82, 2.24) is 0 Å². The molecule has 0 aromatic heterocycles. The highest BCUT2D eigenvalue weighted by Crippen LogP contribution is 2.29. The molecule has 0 heterocycles. The molecule has 18 heavy (non-hydrogen) atoms. The van der Waals surface area contributed by atoms with Gasteiger partial charge in [-0.25, -0.2) is 0 Å². The van der Waals surface area contributed by atoms with Crippen LogP contribution in [0.5, 0.6) is 0 Å². The van der Waals surface area contributed by atoms with Gasteiger partial charge in [0.15, 0.2) is 0 Å². The molecule has 0 spiro atoms. The lowest BCUT2D eigenvalue weighted by Gasteiger charge is -2.09. The van der Waals surface area contributed by atoms with E-state index in [0.29, 0.717) is 6.54 Å². The van der Waals surface area contributed by atoms with Crippen molar-refractivity contribution in [2.24, 2.45) is 5.73 Å². The Hall–Kier alpha value is -0.770. The van der Waals surface area contributed by atoms with Crippen LogP contribution in [-0.2, 0) is 12.3 Å². The van der Waals surface area contributed by atoms with Crippen molar-refractivity contribution in [3.05, 3.63) is 63.6 Å². The van der Waals surface area contributed by atoms with Crippen LogP contribution < -0.4 is 5.73 Å². The fraction of sp³-hybridized carbons (Fsp3) is 0.200. The Morgan fingerprint density at radius 2 is 1.89 bits per heavy atom. The van der Waals surface area contributed by atoms with E-state index in [9.17, 15) is 0 Å². The standard InChI is InChI=1S/C15H16BrNS/c1-11-4-2-3-5-13(11)10-18-15-8-14(16)7-6-12(15)9-17/h2-8H,9-10,17H2,1H3. The minimum absolute atomic E-state index is 0.587. The molecule has 0 fully saturated rings. The van der Waals surface area contributed by atoms with Gasteiger partial charge in [0.2, 0.25) is 0 Å². The molecule has 2 aromatic carbocycles. The van der Waals surface area contributed by atoms with Gasteiger partial charge in [0.1, 0.15) is 0 Å². The number of hydrogen-bond acceptors (Lipinski definition) is 2. The Morgan fingerprint density at radius 1 is 1.11 bits per heavy atom. The summed E-state index contributed by atoms with van der Waals surface area (Å²) in [6.07, 6.45) is 0. The van der Waals surface area contributed by atoms with E-state index < -0.39 is 0 Å². The first-order chi connectivity index (χ1) is 8.70. The molecule has 0 saturated heterocycles. The number of benzene rings is 2. The zero-order valence-electron chi connectivity index (χ0n) is 10.3. The SMILES string of the molecule is Cc1ccccc1CSc1cc(Br)ccc1CN. The van der Waals surface area contributed by atoms with Crippen LogP contribution in [0.1, 0.15) is 16.7 Å². The Bertz CT molecular complexity index is 540. The molecular formula is C15H16BrNS. The summed E-state index contributed by atoms with van der Waals surface area (Å²) in [6, 6.07) is 14.8. The third-order valence-electron chi connectivity index (χ3n) is 2.89. The van der Waals surface area contributed by atoms with Crippen molar-refractivity contribution < 1.29 is 0 Å². The quantitative estimate of drug-likeness (QED) is 0.838. The molecule has 2 rings (SSSR count). The van der Waals surface area contributed by atoms with Gasteiger partial charge >= 0.3 is 0 Å². The number of nitrogens with two attached hydrogens (primary N) is 1. The fourth-order valence-electron chi connectivity index (χ4n) is 1.76. The van der Waals surface area contributed by atoms with Crippen LogP contribution in [0.3, 0.4) is 0 Å². The van der Waals surface area contributed by atoms with E-state index >= 15 is 0 Å². The van der Waals surface area contributed by atoms with E-state index in [0.717, 1.165) is 10.2 Å². The van der Waals surface area contributed by atoms with Gasteiger partial charge in [-0.2, -0.15) is 0 Å². The van der Waals surface area contributed by atoms with E-state index in [2.05, 4.69) is 59.3 Å². The molecule has 0 saturated carbocycles. The second kappa shape index (κ2) is 6.41. The molecule has 0 aliphatic carbocycles. The molecule has 3 heteroatoms. The van der Waals surface area contributed by atoms with Crippen LogP contribution >= 0.6 is 27.7 Å². The van der Waals surface area contributed by atoms with Crippen LogP contribution in [0.4, 0.5) is 0 Å². The highest BCUT2D eigenvalue weighted by molar-refractivity contribution is 9.10. The zero-order chi connectivity index (χ0) is 13.0. The number of rotatable bonds is 4. The summed E-state index contributed by atoms with van der Waals surface area (Å²) in [5.74, 6) is 0.982. The summed E-state index contributed by atoms with van der Waals surface area (Å²) >= 11 is 5.36. The molecule has 2 aromatic rings. The Labute approximate surface area is 121 Å². The van der Waals surface area contributed by atoms with Gasteiger partial charge < -0.3 is 5.73 Å². The lowest BCUT2D eigenvalue weighted by Crippen LogP contribution is -1.98. The third kappa shape index (κ3) is 3.37. The number of hydrogen-bond donors (Lipinski definition) is 1. The Kier molecular flexibility index (Phi) is 4.87. The van der Waals surface area contributed by atoms with E-state index in [4.69, 9.17) is 5.73 Å². The maximum atomic E-state index is 5.77. The minimum Gasteiger partial charge on any atom is -0.326 e. The monoisotopic (exact) mass is 321 g/mol. The van der Waals surface area contributed by atoms with Crippen LogP contribution in [0.15, 0.2) is 51.8 Å². The first-order valence-corrected chi connectivity index (χ1v) is 7.64. The predicted molar refractivity (Wildman–Crippen MR) is 82.8 cm³/mol. The molecular weight excluding hydrogens is 306 g/mol. The van der Waals surface area contributed by atoms with Crippen molar-refractivity contribution >= 4 is 27.7 Å². The summed E-state index contributed by atoms with van der Waals surface area (Å²) in [5.41, 5.74) is 9.70. The summed E-state index contributed by atoms with van der Waals surface area (Å²) < 4.78 is 1.10. The Balaban J connectivity index is 2.15. The largest absolute Gasteiger partial charge is 0.326 e. The molecule has 0 atom stereocenters. The summed E-state index contributed by atoms with van der Waals surface area (Å²) in [5, 5.41) is 0. The lowest BCUT2D eigenvalue weighted by molar-refractivity contribution is 1.02. The third-order valence-corrected chi connectivity index (χ3v) is 4.53. The van der Waals surface area contributed by atoms with Crippen LogP contribution in [0.25, 0.3) is 0 Å². The molecule has 1 nitrogen and oxygen atoms in total. The zero-order valence-corrected chi connectivity index (χ0v) is 12.7. The second-order valence-corrected chi connectivity index (χ2v) is 6.10. The number of aryl methyl sites for hydroxylation is 1. The molecule has 0 aliphatic rings. The minimum atomic E-state index is 0.587. The smallest absolute Gasteiger partial charge is 0.0234 e. The maximum absolute atomic E-state index is 5.77. The molecule has 0 unspecified atom stereocenters. The molecule has 2 N–H and O–H groups in total. The van der Waals surface area contributed by atoms with Gasteiger partial charge in [0.05, 0.1) is 0 Å². The topological polar surface area (TPSA) is 26.0 Å². The highest BCUT2D eigenvalue weighted by atomic mass is 79.9. The molecule has 94 valence electrons. The van der Waals surface area contributed by atoms with E-state index in [-0.39, 0.29) is 0 Å². The average Bonchev–Trinajstić information content (AvgIpc) is 2.38. The number of halogens is 1. The summed E-state index contributed by atoms with van der Waals surface area (Å²) in [6.45, 7) is 2.74. The van der Waals surface area contributed by atoms with Gasteiger partial charge in [0, 0.05) is 21.7 Å². The Morgan fingerprint density at radius 3 is 2.61 bits per heavy atom. The molecule has 0 aliphatic heterocycles. The van der Waals surface area contributed by atoms with Crippen molar-refractivity contribution in [2.45, 2.75) is 24.1 Å². The van der Waals surface area contributed by atoms with E-state index in [1.165, 1.54) is 21.6 Å². The van der Waals surface area contributed by atoms with E-state index in [1.54, 1.807) is 0 Å².